The number of thioether (sulfide) groups is 1. The van der Waals surface area contributed by atoms with Gasteiger partial charge in [0.1, 0.15) is 0 Å². The predicted octanol–water partition coefficient (Wildman–Crippen LogP) is -0.577. The van der Waals surface area contributed by atoms with Crippen molar-refractivity contribution in [1.82, 2.24) is 10.3 Å². The van der Waals surface area contributed by atoms with Crippen molar-refractivity contribution >= 4 is 29.5 Å². The first-order chi connectivity index (χ1) is 9.04. The van der Waals surface area contributed by atoms with Crippen LogP contribution >= 0.6 is 11.8 Å². The highest BCUT2D eigenvalue weighted by Gasteiger charge is 2.26. The van der Waals surface area contributed by atoms with E-state index in [1.54, 1.807) is 4.90 Å². The molecule has 1 aliphatic rings. The number of carboxylic acid groups (broad SMARTS) is 1. The van der Waals surface area contributed by atoms with Crippen molar-refractivity contribution in [2.75, 3.05) is 24.6 Å². The number of rotatable bonds is 6. The third kappa shape index (κ3) is 5.48. The number of carbonyl (C=O) groups excluding carboxylic acids is 2. The summed E-state index contributed by atoms with van der Waals surface area (Å²) in [7, 11) is 0. The Hall–Kier alpha value is -1.28. The first-order valence-corrected chi connectivity index (χ1v) is 7.28. The lowest BCUT2D eigenvalue weighted by molar-refractivity contribution is -0.145. The molecule has 1 saturated heterocycles. The molecular formula is C11H19N3O4S. The van der Waals surface area contributed by atoms with Crippen molar-refractivity contribution < 1.29 is 19.5 Å². The van der Waals surface area contributed by atoms with Crippen LogP contribution in [0.2, 0.25) is 0 Å². The van der Waals surface area contributed by atoms with E-state index in [1.807, 2.05) is 5.43 Å². The van der Waals surface area contributed by atoms with Crippen molar-refractivity contribution in [3.63, 3.8) is 0 Å². The monoisotopic (exact) mass is 289 g/mol. The number of likely N-dealkylation sites (tertiary alicyclic amines) is 1. The average Bonchev–Trinajstić information content (AvgIpc) is 2.43. The third-order valence-corrected chi connectivity index (χ3v) is 4.00. The molecule has 4 N–H and O–H groups in total. The van der Waals surface area contributed by atoms with Gasteiger partial charge in [-0.3, -0.25) is 19.8 Å². The minimum Gasteiger partial charge on any atom is -0.481 e. The SMILES string of the molecule is NNC(=O)CCSCC(=O)N1CCC(C(=O)O)CC1. The van der Waals surface area contributed by atoms with E-state index in [9.17, 15) is 14.4 Å². The zero-order valence-electron chi connectivity index (χ0n) is 10.6. The molecule has 1 heterocycles. The van der Waals surface area contributed by atoms with Gasteiger partial charge < -0.3 is 10.0 Å². The van der Waals surface area contributed by atoms with E-state index < -0.39 is 5.97 Å². The highest BCUT2D eigenvalue weighted by Crippen LogP contribution is 2.18. The van der Waals surface area contributed by atoms with Crippen molar-refractivity contribution in [3.8, 4) is 0 Å². The summed E-state index contributed by atoms with van der Waals surface area (Å²) >= 11 is 1.38. The second-order valence-electron chi connectivity index (χ2n) is 4.36. The fraction of sp³-hybridized carbons (Fsp3) is 0.727. The summed E-state index contributed by atoms with van der Waals surface area (Å²) in [6.45, 7) is 0.999. The lowest BCUT2D eigenvalue weighted by Crippen LogP contribution is -2.41. The van der Waals surface area contributed by atoms with Crippen molar-refractivity contribution in [1.29, 1.82) is 0 Å². The van der Waals surface area contributed by atoms with Gasteiger partial charge >= 0.3 is 5.97 Å². The van der Waals surface area contributed by atoms with E-state index in [0.717, 1.165) is 0 Å². The molecule has 1 aliphatic heterocycles. The topological polar surface area (TPSA) is 113 Å². The number of amides is 2. The number of hydrazine groups is 1. The van der Waals surface area contributed by atoms with Crippen molar-refractivity contribution in [3.05, 3.63) is 0 Å². The first-order valence-electron chi connectivity index (χ1n) is 6.12. The van der Waals surface area contributed by atoms with Crippen LogP contribution < -0.4 is 11.3 Å². The van der Waals surface area contributed by atoms with E-state index in [1.165, 1.54) is 11.8 Å². The maximum Gasteiger partial charge on any atom is 0.306 e. The number of carboxylic acids is 1. The van der Waals surface area contributed by atoms with Gasteiger partial charge in [-0.2, -0.15) is 11.8 Å². The molecule has 0 aromatic heterocycles. The van der Waals surface area contributed by atoms with Crippen LogP contribution in [0.3, 0.4) is 0 Å². The van der Waals surface area contributed by atoms with Crippen LogP contribution in [0.25, 0.3) is 0 Å². The fourth-order valence-electron chi connectivity index (χ4n) is 1.86. The Bertz CT molecular complexity index is 343. The molecule has 0 aromatic rings. The molecule has 8 heteroatoms. The Morgan fingerprint density at radius 2 is 1.95 bits per heavy atom. The number of nitrogens with one attached hydrogen (secondary N) is 1. The normalized spacial score (nSPS) is 16.2. The predicted molar refractivity (Wildman–Crippen MR) is 71.2 cm³/mol. The molecular weight excluding hydrogens is 270 g/mol. The van der Waals surface area contributed by atoms with E-state index in [-0.39, 0.29) is 24.2 Å². The number of aliphatic carboxylic acids is 1. The maximum absolute atomic E-state index is 11.8. The highest BCUT2D eigenvalue weighted by molar-refractivity contribution is 7.99. The second-order valence-corrected chi connectivity index (χ2v) is 5.47. The van der Waals surface area contributed by atoms with Crippen LogP contribution in [0.1, 0.15) is 19.3 Å². The summed E-state index contributed by atoms with van der Waals surface area (Å²) in [5.41, 5.74) is 2.03. The van der Waals surface area contributed by atoms with Crippen LogP contribution in [-0.4, -0.2) is 52.4 Å². The minimum atomic E-state index is -0.783. The summed E-state index contributed by atoms with van der Waals surface area (Å²) in [6, 6.07) is 0. The second kappa shape index (κ2) is 8.00. The molecule has 0 aromatic carbocycles. The third-order valence-electron chi connectivity index (χ3n) is 3.06. The Balaban J connectivity index is 2.17. The van der Waals surface area contributed by atoms with Gasteiger partial charge in [0, 0.05) is 25.3 Å². The number of hydrogen-bond acceptors (Lipinski definition) is 5. The largest absolute Gasteiger partial charge is 0.481 e. The summed E-state index contributed by atoms with van der Waals surface area (Å²) in [6.07, 6.45) is 1.32. The summed E-state index contributed by atoms with van der Waals surface area (Å²) < 4.78 is 0. The molecule has 0 spiro atoms. The van der Waals surface area contributed by atoms with E-state index in [4.69, 9.17) is 10.9 Å². The van der Waals surface area contributed by atoms with Gasteiger partial charge in [-0.25, -0.2) is 5.84 Å². The molecule has 108 valence electrons. The number of carbonyl (C=O) groups is 3. The summed E-state index contributed by atoms with van der Waals surface area (Å²) in [4.78, 5) is 35.1. The minimum absolute atomic E-state index is 0.00185. The van der Waals surface area contributed by atoms with Crippen LogP contribution in [0.5, 0.6) is 0 Å². The average molecular weight is 289 g/mol. The number of hydrogen-bond donors (Lipinski definition) is 3. The molecule has 1 rings (SSSR count). The number of nitrogens with zero attached hydrogens (tertiary/aromatic N) is 1. The molecule has 0 radical (unpaired) electrons. The van der Waals surface area contributed by atoms with Crippen LogP contribution in [0.15, 0.2) is 0 Å². The van der Waals surface area contributed by atoms with Gasteiger partial charge in [-0.05, 0) is 12.8 Å². The molecule has 0 bridgehead atoms. The van der Waals surface area contributed by atoms with Gasteiger partial charge in [-0.1, -0.05) is 0 Å². The molecule has 0 aliphatic carbocycles. The quantitative estimate of drug-likeness (QED) is 0.261. The zero-order valence-corrected chi connectivity index (χ0v) is 11.4. The van der Waals surface area contributed by atoms with E-state index >= 15 is 0 Å². The molecule has 0 saturated carbocycles. The summed E-state index contributed by atoms with van der Waals surface area (Å²) in [5, 5.41) is 8.86. The van der Waals surface area contributed by atoms with Crippen molar-refractivity contribution in [2.24, 2.45) is 11.8 Å². The van der Waals surface area contributed by atoms with Gasteiger partial charge in [0.2, 0.25) is 11.8 Å². The van der Waals surface area contributed by atoms with Crippen molar-refractivity contribution in [2.45, 2.75) is 19.3 Å². The Morgan fingerprint density at radius 1 is 1.32 bits per heavy atom. The van der Waals surface area contributed by atoms with E-state index in [2.05, 4.69) is 0 Å². The first kappa shape index (κ1) is 15.8. The number of piperidine rings is 1. The lowest BCUT2D eigenvalue weighted by Gasteiger charge is -2.30. The Morgan fingerprint density at radius 3 is 2.47 bits per heavy atom. The van der Waals surface area contributed by atoms with Gasteiger partial charge in [0.25, 0.3) is 0 Å². The maximum atomic E-state index is 11.8. The highest BCUT2D eigenvalue weighted by atomic mass is 32.2. The van der Waals surface area contributed by atoms with Gasteiger partial charge in [0.15, 0.2) is 0 Å². The van der Waals surface area contributed by atoms with Gasteiger partial charge in [-0.15, -0.1) is 0 Å². The van der Waals surface area contributed by atoms with Crippen LogP contribution in [-0.2, 0) is 14.4 Å². The smallest absolute Gasteiger partial charge is 0.306 e. The molecule has 1 fully saturated rings. The number of nitrogens with two attached hydrogens (primary N) is 1. The molecule has 0 unspecified atom stereocenters. The Kier molecular flexibility index (Phi) is 6.65. The summed E-state index contributed by atoms with van der Waals surface area (Å²) in [5.74, 6) is 4.44. The lowest BCUT2D eigenvalue weighted by atomic mass is 9.97. The molecule has 0 atom stereocenters. The standard InChI is InChI=1S/C11H19N3O4S/c12-13-9(15)3-6-19-7-10(16)14-4-1-8(2-5-14)11(17)18/h8H,1-7,12H2,(H,13,15)(H,17,18). The van der Waals surface area contributed by atoms with Gasteiger partial charge in [0.05, 0.1) is 11.7 Å². The van der Waals surface area contributed by atoms with Crippen LogP contribution in [0, 0.1) is 5.92 Å². The Labute approximate surface area is 115 Å². The zero-order chi connectivity index (χ0) is 14.3. The van der Waals surface area contributed by atoms with E-state index in [0.29, 0.717) is 37.4 Å². The van der Waals surface area contributed by atoms with Crippen LogP contribution in [0.4, 0.5) is 0 Å². The molecule has 2 amide bonds. The molecule has 7 nitrogen and oxygen atoms in total. The molecule has 19 heavy (non-hydrogen) atoms. The fourth-order valence-corrected chi connectivity index (χ4v) is 2.69.